The van der Waals surface area contributed by atoms with E-state index in [2.05, 4.69) is 26.0 Å². The fourth-order valence-electron chi connectivity index (χ4n) is 4.37. The van der Waals surface area contributed by atoms with E-state index in [9.17, 15) is 4.79 Å². The van der Waals surface area contributed by atoms with Gasteiger partial charge in [-0.2, -0.15) is 0 Å². The molecule has 0 spiro atoms. The molecule has 1 aromatic rings. The highest BCUT2D eigenvalue weighted by Crippen LogP contribution is 2.47. The Bertz CT molecular complexity index is 641. The molecule has 5 heteroatoms. The van der Waals surface area contributed by atoms with Gasteiger partial charge in [-0.15, -0.1) is 0 Å². The number of carbonyl (C=O) groups excluding carboxylic acids is 1. The van der Waals surface area contributed by atoms with Gasteiger partial charge in [-0.25, -0.2) is 4.79 Å². The predicted octanol–water partition coefficient (Wildman–Crippen LogP) is 4.60. The lowest BCUT2D eigenvalue weighted by Gasteiger charge is -2.29. The largest absolute Gasteiger partial charge is 0.493 e. The fourth-order valence-corrected chi connectivity index (χ4v) is 4.37. The van der Waals surface area contributed by atoms with E-state index in [0.29, 0.717) is 13.1 Å². The van der Waals surface area contributed by atoms with E-state index in [0.717, 1.165) is 30.8 Å². The van der Waals surface area contributed by atoms with Gasteiger partial charge >= 0.3 is 6.09 Å². The summed E-state index contributed by atoms with van der Waals surface area (Å²) in [5, 5.41) is 0. The SMILES string of the molecule is CC[C@]1(C)CN(C(=O)OC)C[C@H]1c1ccc(OC)c(OC2CCCC2)c1. The summed E-state index contributed by atoms with van der Waals surface area (Å²) in [5.41, 5.74) is 1.22. The third kappa shape index (κ3) is 3.62. The molecule has 2 fully saturated rings. The molecule has 0 N–H and O–H groups in total. The van der Waals surface area contributed by atoms with Crippen molar-refractivity contribution in [3.63, 3.8) is 0 Å². The lowest BCUT2D eigenvalue weighted by atomic mass is 9.74. The summed E-state index contributed by atoms with van der Waals surface area (Å²) < 4.78 is 16.7. The maximum Gasteiger partial charge on any atom is 0.409 e. The summed E-state index contributed by atoms with van der Waals surface area (Å²) >= 11 is 0. The van der Waals surface area contributed by atoms with Crippen LogP contribution in [-0.4, -0.2) is 44.4 Å². The summed E-state index contributed by atoms with van der Waals surface area (Å²) in [7, 11) is 3.13. The lowest BCUT2D eigenvalue weighted by molar-refractivity contribution is 0.128. The molecule has 26 heavy (non-hydrogen) atoms. The Labute approximate surface area is 156 Å². The van der Waals surface area contributed by atoms with Gasteiger partial charge < -0.3 is 19.1 Å². The molecular weight excluding hydrogens is 330 g/mol. The highest BCUT2D eigenvalue weighted by atomic mass is 16.5. The molecule has 144 valence electrons. The third-order valence-corrected chi connectivity index (χ3v) is 6.22. The molecule has 1 aliphatic carbocycles. The molecule has 2 aliphatic rings. The minimum atomic E-state index is -0.247. The van der Waals surface area contributed by atoms with Crippen molar-refractivity contribution in [2.75, 3.05) is 27.3 Å². The van der Waals surface area contributed by atoms with Crippen LogP contribution in [0.15, 0.2) is 18.2 Å². The van der Waals surface area contributed by atoms with Crippen molar-refractivity contribution < 1.29 is 19.0 Å². The first kappa shape index (κ1) is 18.9. The Morgan fingerprint density at radius 2 is 1.96 bits per heavy atom. The summed E-state index contributed by atoms with van der Waals surface area (Å²) in [6, 6.07) is 6.23. The second-order valence-electron chi connectivity index (χ2n) is 7.85. The third-order valence-electron chi connectivity index (χ3n) is 6.22. The first-order valence-corrected chi connectivity index (χ1v) is 9.68. The van der Waals surface area contributed by atoms with Crippen molar-refractivity contribution in [1.82, 2.24) is 4.90 Å². The van der Waals surface area contributed by atoms with Crippen LogP contribution in [0.5, 0.6) is 11.5 Å². The fraction of sp³-hybridized carbons (Fsp3) is 0.667. The van der Waals surface area contributed by atoms with Crippen molar-refractivity contribution in [3.8, 4) is 11.5 Å². The summed E-state index contributed by atoms with van der Waals surface area (Å²) in [6.45, 7) is 5.83. The van der Waals surface area contributed by atoms with Crippen LogP contribution in [0.25, 0.3) is 0 Å². The molecule has 3 rings (SSSR count). The Morgan fingerprint density at radius 1 is 1.23 bits per heavy atom. The van der Waals surface area contributed by atoms with Crippen LogP contribution in [0.3, 0.4) is 0 Å². The van der Waals surface area contributed by atoms with Crippen molar-refractivity contribution in [2.45, 2.75) is 58.0 Å². The molecule has 0 bridgehead atoms. The molecule has 1 heterocycles. The van der Waals surface area contributed by atoms with Gasteiger partial charge in [-0.1, -0.05) is 19.9 Å². The zero-order chi connectivity index (χ0) is 18.7. The van der Waals surface area contributed by atoms with E-state index >= 15 is 0 Å². The first-order chi connectivity index (χ1) is 12.5. The van der Waals surface area contributed by atoms with Crippen molar-refractivity contribution >= 4 is 6.09 Å². The van der Waals surface area contributed by atoms with Crippen LogP contribution >= 0.6 is 0 Å². The van der Waals surface area contributed by atoms with E-state index < -0.39 is 0 Å². The van der Waals surface area contributed by atoms with E-state index in [4.69, 9.17) is 14.2 Å². The summed E-state index contributed by atoms with van der Waals surface area (Å²) in [6.07, 6.45) is 5.72. The molecule has 0 unspecified atom stereocenters. The number of methoxy groups -OCH3 is 2. The topological polar surface area (TPSA) is 48.0 Å². The number of nitrogens with zero attached hydrogens (tertiary/aromatic N) is 1. The van der Waals surface area contributed by atoms with Crippen LogP contribution < -0.4 is 9.47 Å². The average Bonchev–Trinajstić information content (AvgIpc) is 3.29. The van der Waals surface area contributed by atoms with Crippen molar-refractivity contribution in [1.29, 1.82) is 0 Å². The molecule has 5 nitrogen and oxygen atoms in total. The van der Waals surface area contributed by atoms with Gasteiger partial charge in [0.1, 0.15) is 0 Å². The predicted molar refractivity (Wildman–Crippen MR) is 101 cm³/mol. The molecule has 0 aromatic heterocycles. The Hall–Kier alpha value is -1.91. The average molecular weight is 361 g/mol. The molecule has 1 aromatic carbocycles. The monoisotopic (exact) mass is 361 g/mol. The van der Waals surface area contributed by atoms with Crippen molar-refractivity contribution in [3.05, 3.63) is 23.8 Å². The highest BCUT2D eigenvalue weighted by molar-refractivity contribution is 5.68. The first-order valence-electron chi connectivity index (χ1n) is 9.68. The maximum absolute atomic E-state index is 12.1. The van der Waals surface area contributed by atoms with Gasteiger partial charge in [0.05, 0.1) is 20.3 Å². The lowest BCUT2D eigenvalue weighted by Crippen LogP contribution is -2.30. The number of ether oxygens (including phenoxy) is 3. The Balaban J connectivity index is 1.88. The molecular formula is C21H31NO4. The zero-order valence-corrected chi connectivity index (χ0v) is 16.4. The summed E-state index contributed by atoms with van der Waals surface area (Å²) in [5.74, 6) is 1.86. The highest BCUT2D eigenvalue weighted by Gasteiger charge is 2.44. The number of hydrogen-bond acceptors (Lipinski definition) is 4. The van der Waals surface area contributed by atoms with Gasteiger partial charge in [0, 0.05) is 19.0 Å². The normalized spacial score (nSPS) is 26.2. The Kier molecular flexibility index (Phi) is 5.64. The van der Waals surface area contributed by atoms with E-state index in [1.807, 2.05) is 11.0 Å². The van der Waals surface area contributed by atoms with Gasteiger partial charge in [0.25, 0.3) is 0 Å². The number of carbonyl (C=O) groups is 1. The minimum absolute atomic E-state index is 0.0212. The maximum atomic E-state index is 12.1. The summed E-state index contributed by atoms with van der Waals surface area (Å²) in [4.78, 5) is 13.9. The Morgan fingerprint density at radius 3 is 2.58 bits per heavy atom. The van der Waals surface area contributed by atoms with Gasteiger partial charge in [-0.3, -0.25) is 0 Å². The van der Waals surface area contributed by atoms with Gasteiger partial charge in [0.15, 0.2) is 11.5 Å². The number of benzene rings is 1. The second-order valence-corrected chi connectivity index (χ2v) is 7.85. The molecule has 1 amide bonds. The minimum Gasteiger partial charge on any atom is -0.493 e. The molecule has 0 radical (unpaired) electrons. The number of rotatable bonds is 5. The van der Waals surface area contributed by atoms with Gasteiger partial charge in [0.2, 0.25) is 0 Å². The molecule has 2 atom stereocenters. The van der Waals surface area contributed by atoms with E-state index in [1.54, 1.807) is 7.11 Å². The van der Waals surface area contributed by atoms with Crippen LogP contribution in [0, 0.1) is 5.41 Å². The number of hydrogen-bond donors (Lipinski definition) is 0. The molecule has 1 saturated heterocycles. The van der Waals surface area contributed by atoms with Gasteiger partial charge in [-0.05, 0) is 55.2 Å². The van der Waals surface area contributed by atoms with E-state index in [-0.39, 0.29) is 23.5 Å². The smallest absolute Gasteiger partial charge is 0.409 e. The quantitative estimate of drug-likeness (QED) is 0.769. The molecule has 1 saturated carbocycles. The van der Waals surface area contributed by atoms with Crippen LogP contribution in [-0.2, 0) is 4.74 Å². The van der Waals surface area contributed by atoms with E-state index in [1.165, 1.54) is 25.5 Å². The van der Waals surface area contributed by atoms with Crippen LogP contribution in [0.1, 0.15) is 57.4 Å². The number of amides is 1. The standard InChI is InChI=1S/C21H31NO4/c1-5-21(2)14-22(20(23)25-4)13-17(21)15-10-11-18(24-3)19(12-15)26-16-8-6-7-9-16/h10-12,16-17H,5-9,13-14H2,1-4H3/t17-,21+/m0/s1. The van der Waals surface area contributed by atoms with Crippen molar-refractivity contribution in [2.24, 2.45) is 5.41 Å². The second kappa shape index (κ2) is 7.77. The zero-order valence-electron chi connectivity index (χ0n) is 16.4. The number of likely N-dealkylation sites (tertiary alicyclic amines) is 1. The van der Waals surface area contributed by atoms with Crippen LogP contribution in [0.4, 0.5) is 4.79 Å². The van der Waals surface area contributed by atoms with Crippen LogP contribution in [0.2, 0.25) is 0 Å². The molecule has 1 aliphatic heterocycles.